The van der Waals surface area contributed by atoms with E-state index in [1.54, 1.807) is 17.2 Å². The lowest BCUT2D eigenvalue weighted by Gasteiger charge is -2.37. The largest absolute Gasteiger partial charge is 0.444 e. The second-order valence-corrected chi connectivity index (χ2v) is 9.22. The minimum absolute atomic E-state index is 0.0938. The first kappa shape index (κ1) is 21.3. The number of pyridine rings is 1. The predicted octanol–water partition coefficient (Wildman–Crippen LogP) is 3.28. The number of benzene rings is 1. The van der Waals surface area contributed by atoms with Gasteiger partial charge in [0.05, 0.1) is 11.4 Å². The van der Waals surface area contributed by atoms with Crippen LogP contribution in [-0.4, -0.2) is 71.7 Å². The van der Waals surface area contributed by atoms with Crippen molar-refractivity contribution < 1.29 is 18.7 Å². The van der Waals surface area contributed by atoms with Gasteiger partial charge in [0.25, 0.3) is 0 Å². The molecule has 0 N–H and O–H groups in total. The number of aromatic nitrogens is 1. The summed E-state index contributed by atoms with van der Waals surface area (Å²) >= 11 is 0. The summed E-state index contributed by atoms with van der Waals surface area (Å²) in [5, 5.41) is 0.783. The van der Waals surface area contributed by atoms with Gasteiger partial charge in [0.2, 0.25) is 5.91 Å². The van der Waals surface area contributed by atoms with Gasteiger partial charge in [-0.25, -0.2) is 9.18 Å². The molecule has 3 heterocycles. The summed E-state index contributed by atoms with van der Waals surface area (Å²) in [6.45, 7) is 8.99. The van der Waals surface area contributed by atoms with Crippen molar-refractivity contribution in [2.45, 2.75) is 32.8 Å². The lowest BCUT2D eigenvalue weighted by atomic mass is 10.1. The third-order valence-electron chi connectivity index (χ3n) is 5.80. The number of rotatable bonds is 2. The van der Waals surface area contributed by atoms with Gasteiger partial charge in [0.1, 0.15) is 11.4 Å². The Balaban J connectivity index is 1.36. The summed E-state index contributed by atoms with van der Waals surface area (Å²) in [7, 11) is 0. The highest BCUT2D eigenvalue weighted by molar-refractivity contribution is 5.91. The maximum absolute atomic E-state index is 13.8. The number of likely N-dealkylation sites (tertiary alicyclic amines) is 1. The number of hydrogen-bond acceptors (Lipinski definition) is 5. The highest BCUT2D eigenvalue weighted by Gasteiger charge is 2.36. The van der Waals surface area contributed by atoms with E-state index in [1.165, 1.54) is 12.1 Å². The number of carbonyl (C=O) groups is 2. The lowest BCUT2D eigenvalue weighted by molar-refractivity contribution is -0.135. The van der Waals surface area contributed by atoms with Gasteiger partial charge in [0, 0.05) is 56.5 Å². The number of piperazine rings is 1. The second kappa shape index (κ2) is 8.32. The molecule has 1 unspecified atom stereocenters. The molecule has 2 aliphatic rings. The molecule has 0 bridgehead atoms. The van der Waals surface area contributed by atoms with Crippen LogP contribution in [0, 0.1) is 11.7 Å². The molecule has 31 heavy (non-hydrogen) atoms. The third kappa shape index (κ3) is 4.73. The molecule has 0 radical (unpaired) electrons. The molecular formula is C23H29FN4O3. The van der Waals surface area contributed by atoms with Crippen molar-refractivity contribution in [3.63, 3.8) is 0 Å². The number of anilines is 1. The number of fused-ring (bicyclic) bond motifs is 1. The maximum Gasteiger partial charge on any atom is 0.410 e. The number of hydrogen-bond donors (Lipinski definition) is 0. The number of amides is 2. The molecule has 0 spiro atoms. The summed E-state index contributed by atoms with van der Waals surface area (Å²) in [4.78, 5) is 35.3. The van der Waals surface area contributed by atoms with Crippen LogP contribution in [-0.2, 0) is 9.53 Å². The van der Waals surface area contributed by atoms with Crippen LogP contribution < -0.4 is 4.90 Å². The van der Waals surface area contributed by atoms with E-state index in [0.29, 0.717) is 45.7 Å². The van der Waals surface area contributed by atoms with Crippen LogP contribution in [0.5, 0.6) is 0 Å². The van der Waals surface area contributed by atoms with Gasteiger partial charge in [-0.1, -0.05) is 0 Å². The molecule has 1 aromatic carbocycles. The molecule has 0 aliphatic carbocycles. The fourth-order valence-electron chi connectivity index (χ4n) is 4.26. The van der Waals surface area contributed by atoms with E-state index in [0.717, 1.165) is 16.6 Å². The van der Waals surface area contributed by atoms with Crippen molar-refractivity contribution in [2.75, 3.05) is 44.2 Å². The monoisotopic (exact) mass is 428 g/mol. The van der Waals surface area contributed by atoms with E-state index in [-0.39, 0.29) is 23.7 Å². The predicted molar refractivity (Wildman–Crippen MR) is 116 cm³/mol. The van der Waals surface area contributed by atoms with Crippen LogP contribution in [0.3, 0.4) is 0 Å². The zero-order chi connectivity index (χ0) is 22.2. The van der Waals surface area contributed by atoms with E-state index in [4.69, 9.17) is 4.74 Å². The van der Waals surface area contributed by atoms with E-state index in [1.807, 2.05) is 31.7 Å². The molecule has 2 aromatic rings. The second-order valence-electron chi connectivity index (χ2n) is 9.22. The van der Waals surface area contributed by atoms with Crippen LogP contribution >= 0.6 is 0 Å². The Morgan fingerprint density at radius 1 is 1.06 bits per heavy atom. The van der Waals surface area contributed by atoms with Crippen molar-refractivity contribution in [2.24, 2.45) is 5.92 Å². The molecule has 7 nitrogen and oxygen atoms in total. The van der Waals surface area contributed by atoms with Gasteiger partial charge >= 0.3 is 6.09 Å². The summed E-state index contributed by atoms with van der Waals surface area (Å²) in [6, 6.07) is 6.51. The fraction of sp³-hybridized carbons (Fsp3) is 0.522. The summed E-state index contributed by atoms with van der Waals surface area (Å²) in [6.07, 6.45) is 2.04. The molecule has 8 heteroatoms. The van der Waals surface area contributed by atoms with Gasteiger partial charge in [-0.05, 0) is 51.5 Å². The van der Waals surface area contributed by atoms with E-state index in [9.17, 15) is 14.0 Å². The minimum Gasteiger partial charge on any atom is -0.444 e. The van der Waals surface area contributed by atoms with E-state index in [2.05, 4.69) is 9.88 Å². The highest BCUT2D eigenvalue weighted by Crippen LogP contribution is 2.28. The van der Waals surface area contributed by atoms with E-state index < -0.39 is 5.60 Å². The Kier molecular flexibility index (Phi) is 5.73. The smallest absolute Gasteiger partial charge is 0.410 e. The summed E-state index contributed by atoms with van der Waals surface area (Å²) in [5.74, 6) is -0.377. The quantitative estimate of drug-likeness (QED) is 0.735. The zero-order valence-corrected chi connectivity index (χ0v) is 18.3. The summed E-state index contributed by atoms with van der Waals surface area (Å²) in [5.41, 5.74) is 1.15. The molecule has 166 valence electrons. The Labute approximate surface area is 181 Å². The van der Waals surface area contributed by atoms with Crippen molar-refractivity contribution in [1.82, 2.24) is 14.8 Å². The first-order chi connectivity index (χ1) is 14.7. The molecular weight excluding hydrogens is 399 g/mol. The molecule has 4 rings (SSSR count). The minimum atomic E-state index is -0.546. The van der Waals surface area contributed by atoms with Gasteiger partial charge in [-0.2, -0.15) is 0 Å². The van der Waals surface area contributed by atoms with Crippen molar-refractivity contribution in [3.05, 3.63) is 36.3 Å². The van der Waals surface area contributed by atoms with Crippen LogP contribution in [0.2, 0.25) is 0 Å². The van der Waals surface area contributed by atoms with Crippen molar-refractivity contribution >= 4 is 28.6 Å². The Morgan fingerprint density at radius 3 is 2.52 bits per heavy atom. The average Bonchev–Trinajstić information content (AvgIpc) is 3.22. The molecule has 1 aromatic heterocycles. The Morgan fingerprint density at radius 2 is 1.81 bits per heavy atom. The standard InChI is InChI=1S/C23H29FN4O3/c1-23(2,3)31-22(30)28-9-7-16(15-28)21(29)27-12-10-26(11-13-27)20-6-8-25-19-5-4-17(24)14-18(19)20/h4-6,8,14,16H,7,9-13,15H2,1-3H3. The number of carbonyl (C=O) groups excluding carboxylic acids is 2. The van der Waals surface area contributed by atoms with Crippen LogP contribution in [0.15, 0.2) is 30.5 Å². The van der Waals surface area contributed by atoms with Gasteiger partial charge in [0.15, 0.2) is 0 Å². The normalized spacial score (nSPS) is 19.7. The first-order valence-corrected chi connectivity index (χ1v) is 10.8. The van der Waals surface area contributed by atoms with Crippen molar-refractivity contribution in [1.29, 1.82) is 0 Å². The van der Waals surface area contributed by atoms with Crippen molar-refractivity contribution in [3.8, 4) is 0 Å². The molecule has 0 saturated carbocycles. The van der Waals surface area contributed by atoms with Gasteiger partial charge in [-0.3, -0.25) is 9.78 Å². The molecule has 2 amide bonds. The van der Waals surface area contributed by atoms with Crippen LogP contribution in [0.1, 0.15) is 27.2 Å². The summed E-state index contributed by atoms with van der Waals surface area (Å²) < 4.78 is 19.2. The first-order valence-electron chi connectivity index (χ1n) is 10.8. The number of ether oxygens (including phenoxy) is 1. The van der Waals surface area contributed by atoms with Gasteiger partial charge in [-0.15, -0.1) is 0 Å². The SMILES string of the molecule is CC(C)(C)OC(=O)N1CCC(C(=O)N2CCN(c3ccnc4ccc(F)cc34)CC2)C1. The maximum atomic E-state index is 13.8. The third-order valence-corrected chi connectivity index (χ3v) is 5.80. The van der Waals surface area contributed by atoms with Crippen LogP contribution in [0.25, 0.3) is 10.9 Å². The number of nitrogens with zero attached hydrogens (tertiary/aromatic N) is 4. The Bertz CT molecular complexity index is 982. The average molecular weight is 429 g/mol. The van der Waals surface area contributed by atoms with Gasteiger partial charge < -0.3 is 19.4 Å². The molecule has 2 fully saturated rings. The zero-order valence-electron chi connectivity index (χ0n) is 18.3. The van der Waals surface area contributed by atoms with E-state index >= 15 is 0 Å². The fourth-order valence-corrected chi connectivity index (χ4v) is 4.26. The van der Waals surface area contributed by atoms with Crippen LogP contribution in [0.4, 0.5) is 14.9 Å². The topological polar surface area (TPSA) is 66.0 Å². The lowest BCUT2D eigenvalue weighted by Crippen LogP contribution is -2.51. The molecule has 2 aliphatic heterocycles. The highest BCUT2D eigenvalue weighted by atomic mass is 19.1. The Hall–Kier alpha value is -2.90. The molecule has 2 saturated heterocycles. The number of halogens is 1. The molecule has 1 atom stereocenters.